The Kier molecular flexibility index (Phi) is 16.3. The number of aliphatic hydroxyl groups excluding tert-OH is 1. The maximum atomic E-state index is 14.5. The second kappa shape index (κ2) is 24.8. The zero-order chi connectivity index (χ0) is 62.3. The summed E-state index contributed by atoms with van der Waals surface area (Å²) in [6.07, 6.45) is 7.14. The van der Waals surface area contributed by atoms with Crippen LogP contribution in [0.1, 0.15) is 64.5 Å². The molecule has 4 saturated heterocycles. The lowest BCUT2D eigenvalue weighted by Gasteiger charge is -2.35. The van der Waals surface area contributed by atoms with Gasteiger partial charge in [-0.2, -0.15) is 34.5 Å². The topological polar surface area (TPSA) is 199 Å². The van der Waals surface area contributed by atoms with Gasteiger partial charge in [-0.05, 0) is 81.5 Å². The highest BCUT2D eigenvalue weighted by Gasteiger charge is 2.48. The van der Waals surface area contributed by atoms with Crippen molar-refractivity contribution in [1.82, 2.24) is 39.7 Å². The highest BCUT2D eigenvalue weighted by atomic mass is 16.6. The van der Waals surface area contributed by atoms with E-state index in [2.05, 4.69) is 68.9 Å². The number of rotatable bonds is 16. The fraction of sp³-hybridized carbons (Fsp3) is 0.412. The SMILES string of the molecule is CN(c1ccccc1)c1nc(N2CCCC2)nc(N2CCN(C(=O)OCCN3/C(=C/C4=C(O)C(=CC5=[N+](CCOC(=O)N6CCN(c7nc(N8CCCC8)nc(N(C)c8ccccc8)n7)CC6)c6ccccc6C5(C)C)C4=O)C(C)(C)c4ccccc43)CC2)n1. The molecule has 0 atom stereocenters. The minimum Gasteiger partial charge on any atom is -0.506 e. The second-order valence-corrected chi connectivity index (χ2v) is 25.0. The lowest BCUT2D eigenvalue weighted by molar-refractivity contribution is -0.440. The van der Waals surface area contributed by atoms with Crippen LogP contribution in [-0.4, -0.2) is 192 Å². The van der Waals surface area contributed by atoms with E-state index in [9.17, 15) is 19.5 Å². The summed E-state index contributed by atoms with van der Waals surface area (Å²) in [5.41, 5.74) is 6.81. The van der Waals surface area contributed by atoms with E-state index in [0.29, 0.717) is 101 Å². The van der Waals surface area contributed by atoms with Gasteiger partial charge in [-0.1, -0.05) is 86.6 Å². The zero-order valence-electron chi connectivity index (χ0n) is 52.3. The number of fused-ring (bicyclic) bond motifs is 2. The van der Waals surface area contributed by atoms with Crippen molar-refractivity contribution in [3.8, 4) is 0 Å². The number of hydrogen-bond donors (Lipinski definition) is 1. The van der Waals surface area contributed by atoms with Crippen LogP contribution in [-0.2, 0) is 25.1 Å². The van der Waals surface area contributed by atoms with E-state index in [-0.39, 0.29) is 35.9 Å². The van der Waals surface area contributed by atoms with Gasteiger partial charge in [-0.25, -0.2) is 9.59 Å². The van der Waals surface area contributed by atoms with E-state index in [0.717, 1.165) is 97.1 Å². The summed E-state index contributed by atoms with van der Waals surface area (Å²) in [7, 11) is 3.92. The molecule has 2 aromatic heterocycles. The van der Waals surface area contributed by atoms with Crippen LogP contribution < -0.4 is 34.3 Å². The number of carbonyl (C=O) groups is 3. The van der Waals surface area contributed by atoms with E-state index in [1.54, 1.807) is 22.0 Å². The highest BCUT2D eigenvalue weighted by Crippen LogP contribution is 2.49. The van der Waals surface area contributed by atoms with Crippen molar-refractivity contribution in [2.45, 2.75) is 64.2 Å². The van der Waals surface area contributed by atoms with Gasteiger partial charge in [0.25, 0.3) is 0 Å². The standard InChI is InChI=1S/C68H78N16O6/c1-67(2)51-25-13-15-27-53(51)83(41-43-89-65(87)81-37-33-79(34-38-81)63-71-59(75(5)47-21-9-7-10-22-47)69-61(73-63)77-29-17-18-30-77)55(67)45-49-57(85)50(58(49)86)46-56-68(3,4)52-26-14-16-28-54(52)84(56)42-44-90-66(88)82-39-35-80(36-40-82)64-72-60(76(6)48-23-11-8-12-24-48)70-62(74-64)78-31-19-20-32-78/h7-16,21-28,45-46H,17-20,29-44H2,1-6H3/p+1. The van der Waals surface area contributed by atoms with Crippen molar-refractivity contribution in [3.63, 3.8) is 0 Å². The molecule has 0 saturated carbocycles. The molecule has 1 N–H and O–H groups in total. The van der Waals surface area contributed by atoms with Crippen LogP contribution in [0.4, 0.5) is 68.0 Å². The maximum Gasteiger partial charge on any atom is 0.410 e. The Labute approximate surface area is 525 Å². The van der Waals surface area contributed by atoms with Crippen LogP contribution in [0.15, 0.2) is 144 Å². The lowest BCUT2D eigenvalue weighted by atomic mass is 9.77. The molecule has 4 aromatic carbocycles. The smallest absolute Gasteiger partial charge is 0.410 e. The Morgan fingerprint density at radius 1 is 0.544 bits per heavy atom. The number of aliphatic hydroxyl groups is 1. The van der Waals surface area contributed by atoms with E-state index in [4.69, 9.17) is 39.4 Å². The van der Waals surface area contributed by atoms with E-state index in [1.165, 1.54) is 0 Å². The second-order valence-electron chi connectivity index (χ2n) is 25.0. The first kappa shape index (κ1) is 59.4. The number of carbonyl (C=O) groups excluding carboxylic acids is 3. The molecule has 0 unspecified atom stereocenters. The Balaban J connectivity index is 0.665. The average molecular weight is 1220 g/mol. The Bertz CT molecular complexity index is 3830. The van der Waals surface area contributed by atoms with Gasteiger partial charge in [0.15, 0.2) is 18.9 Å². The summed E-state index contributed by atoms with van der Waals surface area (Å²) in [4.78, 5) is 89.8. The summed E-state index contributed by atoms with van der Waals surface area (Å²) in [5.74, 6) is 3.24. The van der Waals surface area contributed by atoms with Gasteiger partial charge < -0.3 is 58.7 Å². The van der Waals surface area contributed by atoms with E-state index in [1.807, 2.05) is 121 Å². The summed E-state index contributed by atoms with van der Waals surface area (Å²) < 4.78 is 14.1. The number of aromatic nitrogens is 6. The quantitative estimate of drug-likeness (QED) is 0.0710. The molecule has 90 heavy (non-hydrogen) atoms. The Morgan fingerprint density at radius 2 is 0.989 bits per heavy atom. The van der Waals surface area contributed by atoms with Gasteiger partial charge in [0.1, 0.15) is 12.4 Å². The largest absolute Gasteiger partial charge is 0.506 e. The summed E-state index contributed by atoms with van der Waals surface area (Å²) in [6, 6.07) is 36.2. The van der Waals surface area contributed by atoms with Crippen molar-refractivity contribution in [2.24, 2.45) is 0 Å². The van der Waals surface area contributed by atoms with Crippen LogP contribution in [0.5, 0.6) is 0 Å². The first-order chi connectivity index (χ1) is 43.6. The van der Waals surface area contributed by atoms with Gasteiger partial charge in [-0.15, -0.1) is 0 Å². The van der Waals surface area contributed by atoms with Gasteiger partial charge in [0.05, 0.1) is 23.1 Å². The number of anilines is 9. The van der Waals surface area contributed by atoms with Crippen molar-refractivity contribution >= 4 is 82.1 Å². The number of hydrogen-bond acceptors (Lipinski definition) is 19. The molecule has 7 aliphatic rings. The fourth-order valence-electron chi connectivity index (χ4n) is 13.4. The molecule has 0 bridgehead atoms. The predicted octanol–water partition coefficient (Wildman–Crippen LogP) is 9.09. The van der Waals surface area contributed by atoms with Gasteiger partial charge in [0.2, 0.25) is 47.2 Å². The molecule has 0 spiro atoms. The third-order valence-corrected chi connectivity index (χ3v) is 18.7. The molecule has 22 heteroatoms. The van der Waals surface area contributed by atoms with Crippen molar-refractivity contribution in [1.29, 1.82) is 0 Å². The van der Waals surface area contributed by atoms with Crippen LogP contribution in [0, 0.1) is 0 Å². The van der Waals surface area contributed by atoms with E-state index < -0.39 is 23.0 Å². The number of allylic oxidation sites excluding steroid dienone is 5. The zero-order valence-corrected chi connectivity index (χ0v) is 52.3. The first-order valence-electron chi connectivity index (χ1n) is 31.6. The van der Waals surface area contributed by atoms with Crippen LogP contribution in [0.3, 0.4) is 0 Å². The first-order valence-corrected chi connectivity index (χ1v) is 31.6. The van der Waals surface area contributed by atoms with Crippen LogP contribution >= 0.6 is 0 Å². The predicted molar refractivity (Wildman–Crippen MR) is 349 cm³/mol. The number of amides is 2. The molecular weight excluding hydrogens is 1140 g/mol. The third kappa shape index (κ3) is 11.5. The third-order valence-electron chi connectivity index (χ3n) is 18.7. The fourth-order valence-corrected chi connectivity index (χ4v) is 13.4. The molecule has 6 aliphatic heterocycles. The minimum absolute atomic E-state index is 0.0822. The number of ether oxygens (including phenoxy) is 2. The number of para-hydroxylation sites is 4. The summed E-state index contributed by atoms with van der Waals surface area (Å²) in [5, 5.41) is 12.0. The molecule has 8 heterocycles. The molecular formula is C68H79N16O6+. The molecule has 1 aliphatic carbocycles. The number of nitrogens with zero attached hydrogens (tertiary/aromatic N) is 16. The molecule has 6 aromatic rings. The summed E-state index contributed by atoms with van der Waals surface area (Å²) in [6.45, 7) is 16.6. The minimum atomic E-state index is -0.565. The highest BCUT2D eigenvalue weighted by molar-refractivity contribution is 6.24. The number of Topliss-reactive ketones (excluding diaryl/α,β-unsaturated/α-hetero) is 1. The Morgan fingerprint density at radius 3 is 1.49 bits per heavy atom. The molecule has 2 amide bonds. The average Bonchev–Trinajstić information content (AvgIpc) is 2.17. The van der Waals surface area contributed by atoms with Crippen LogP contribution in [0.25, 0.3) is 0 Å². The number of benzene rings is 4. The molecule has 22 nitrogen and oxygen atoms in total. The van der Waals surface area contributed by atoms with Crippen molar-refractivity contribution in [3.05, 3.63) is 155 Å². The van der Waals surface area contributed by atoms with Crippen molar-refractivity contribution < 1.29 is 33.5 Å². The molecule has 466 valence electrons. The van der Waals surface area contributed by atoms with Crippen LogP contribution in [0.2, 0.25) is 0 Å². The van der Waals surface area contributed by atoms with E-state index >= 15 is 0 Å². The summed E-state index contributed by atoms with van der Waals surface area (Å²) >= 11 is 0. The lowest BCUT2D eigenvalue weighted by Crippen LogP contribution is -2.49. The monoisotopic (exact) mass is 1220 g/mol. The normalized spacial score (nSPS) is 19.5. The number of ketones is 1. The van der Waals surface area contributed by atoms with Crippen molar-refractivity contribution in [2.75, 3.05) is 153 Å². The van der Waals surface area contributed by atoms with Gasteiger partial charge >= 0.3 is 12.2 Å². The number of piperazine rings is 2. The van der Waals surface area contributed by atoms with Gasteiger partial charge in [-0.3, -0.25) is 4.79 Å². The molecule has 0 radical (unpaired) electrons. The van der Waals surface area contributed by atoms with Gasteiger partial charge in [0, 0.05) is 139 Å². The molecule has 4 fully saturated rings. The molecule has 13 rings (SSSR count). The maximum absolute atomic E-state index is 14.5. The Hall–Kier alpha value is -9.60.